The molecule has 2 aliphatic heterocycles. The van der Waals surface area contributed by atoms with Gasteiger partial charge in [-0.05, 0) is 36.8 Å². The van der Waals surface area contributed by atoms with E-state index in [-0.39, 0.29) is 11.7 Å². The zero-order chi connectivity index (χ0) is 18.3. The number of likely N-dealkylation sites (tertiary alicyclic amines) is 1. The van der Waals surface area contributed by atoms with Crippen molar-refractivity contribution in [1.82, 2.24) is 14.7 Å². The smallest absolute Gasteiger partial charge is 0.274 e. The summed E-state index contributed by atoms with van der Waals surface area (Å²) >= 11 is 0. The topological polar surface area (TPSA) is 56.6 Å². The number of aryl methyl sites for hydroxylation is 2. The molecule has 2 saturated heterocycles. The van der Waals surface area contributed by atoms with Gasteiger partial charge in [0.2, 0.25) is 0 Å². The van der Waals surface area contributed by atoms with Crippen LogP contribution in [0.3, 0.4) is 0 Å². The monoisotopic (exact) mass is 359 g/mol. The fourth-order valence-electron chi connectivity index (χ4n) is 3.64. The Morgan fingerprint density at radius 2 is 1.88 bits per heavy atom. The highest BCUT2D eigenvalue weighted by Crippen LogP contribution is 2.32. The number of amides is 1. The van der Waals surface area contributed by atoms with E-state index < -0.39 is 5.79 Å². The van der Waals surface area contributed by atoms with Gasteiger partial charge in [0.05, 0.1) is 18.9 Å². The molecule has 1 amide bonds. The summed E-state index contributed by atoms with van der Waals surface area (Å²) in [4.78, 5) is 14.6. The van der Waals surface area contributed by atoms with Crippen LogP contribution in [0.1, 0.15) is 28.9 Å². The lowest BCUT2D eigenvalue weighted by Gasteiger charge is -2.37. The Labute approximate surface area is 151 Å². The Hall–Kier alpha value is -2.25. The van der Waals surface area contributed by atoms with Crippen molar-refractivity contribution in [2.75, 3.05) is 26.3 Å². The molecule has 26 heavy (non-hydrogen) atoms. The Balaban J connectivity index is 1.51. The van der Waals surface area contributed by atoms with Crippen molar-refractivity contribution >= 4 is 5.91 Å². The van der Waals surface area contributed by atoms with E-state index in [0.29, 0.717) is 50.4 Å². The minimum Gasteiger partial charge on any atom is -0.347 e. The van der Waals surface area contributed by atoms with E-state index in [0.717, 1.165) is 11.3 Å². The average molecular weight is 359 g/mol. The fourth-order valence-corrected chi connectivity index (χ4v) is 3.64. The van der Waals surface area contributed by atoms with E-state index in [4.69, 9.17) is 9.47 Å². The average Bonchev–Trinajstić information content (AvgIpc) is 3.25. The molecule has 0 radical (unpaired) electrons. The molecule has 1 aromatic carbocycles. The van der Waals surface area contributed by atoms with Crippen molar-refractivity contribution in [3.8, 4) is 11.3 Å². The highest BCUT2D eigenvalue weighted by molar-refractivity contribution is 5.93. The van der Waals surface area contributed by atoms with Crippen molar-refractivity contribution in [2.24, 2.45) is 7.05 Å². The molecule has 0 unspecified atom stereocenters. The van der Waals surface area contributed by atoms with Gasteiger partial charge in [0.25, 0.3) is 5.91 Å². The molecule has 138 valence electrons. The number of halogens is 1. The second-order valence-electron chi connectivity index (χ2n) is 6.90. The number of ether oxygens (including phenoxy) is 2. The molecular formula is C19H22FN3O3. The fraction of sp³-hybridized carbons (Fsp3) is 0.474. The van der Waals surface area contributed by atoms with E-state index in [1.165, 1.54) is 6.07 Å². The van der Waals surface area contributed by atoms with E-state index in [9.17, 15) is 9.18 Å². The minimum absolute atomic E-state index is 0.0986. The van der Waals surface area contributed by atoms with Gasteiger partial charge in [-0.2, -0.15) is 5.10 Å². The number of nitrogens with zero attached hydrogens (tertiary/aromatic N) is 3. The van der Waals surface area contributed by atoms with Gasteiger partial charge in [-0.3, -0.25) is 9.48 Å². The third kappa shape index (κ3) is 3.01. The van der Waals surface area contributed by atoms with Crippen molar-refractivity contribution in [3.05, 3.63) is 41.3 Å². The number of rotatable bonds is 2. The summed E-state index contributed by atoms with van der Waals surface area (Å²) in [6.07, 6.45) is 1.35. The third-order valence-corrected chi connectivity index (χ3v) is 5.18. The number of hydrogen-bond acceptors (Lipinski definition) is 4. The lowest BCUT2D eigenvalue weighted by atomic mass is 10.0. The minimum atomic E-state index is -0.502. The first-order chi connectivity index (χ1) is 12.5. The second kappa shape index (κ2) is 6.48. The van der Waals surface area contributed by atoms with E-state index in [1.807, 2.05) is 0 Å². The molecule has 0 atom stereocenters. The van der Waals surface area contributed by atoms with Crippen LogP contribution >= 0.6 is 0 Å². The molecule has 1 aromatic heterocycles. The molecule has 0 bridgehead atoms. The number of piperidine rings is 1. The number of aromatic nitrogens is 2. The highest BCUT2D eigenvalue weighted by atomic mass is 19.1. The standard InChI is InChI=1S/C19H22FN3O3/c1-13-11-14(3-4-15(13)20)17-12-16(21-22(17)2)18(24)23-7-5-19(6-8-23)25-9-10-26-19/h3-4,11-12H,5-10H2,1-2H3. The van der Waals surface area contributed by atoms with E-state index in [1.54, 1.807) is 41.8 Å². The normalized spacial score (nSPS) is 19.3. The Kier molecular flexibility index (Phi) is 4.28. The van der Waals surface area contributed by atoms with Crippen molar-refractivity contribution in [2.45, 2.75) is 25.6 Å². The van der Waals surface area contributed by atoms with Crippen LogP contribution < -0.4 is 0 Å². The molecule has 2 aromatic rings. The summed E-state index contributed by atoms with van der Waals surface area (Å²) < 4.78 is 26.6. The van der Waals surface area contributed by atoms with Crippen LogP contribution in [-0.2, 0) is 16.5 Å². The van der Waals surface area contributed by atoms with Gasteiger partial charge >= 0.3 is 0 Å². The maximum atomic E-state index is 13.5. The zero-order valence-electron chi connectivity index (χ0n) is 15.0. The van der Waals surface area contributed by atoms with Gasteiger partial charge in [-0.25, -0.2) is 4.39 Å². The first-order valence-electron chi connectivity index (χ1n) is 8.85. The summed E-state index contributed by atoms with van der Waals surface area (Å²) in [7, 11) is 1.79. The summed E-state index contributed by atoms with van der Waals surface area (Å²) in [6, 6.07) is 6.67. The molecule has 0 aliphatic carbocycles. The summed E-state index contributed by atoms with van der Waals surface area (Å²) in [5.41, 5.74) is 2.58. The molecule has 1 spiro atoms. The molecule has 2 aliphatic rings. The van der Waals surface area contributed by atoms with Crippen LogP contribution in [0.25, 0.3) is 11.3 Å². The van der Waals surface area contributed by atoms with Crippen molar-refractivity contribution < 1.29 is 18.7 Å². The number of hydrogen-bond donors (Lipinski definition) is 0. The maximum Gasteiger partial charge on any atom is 0.274 e. The lowest BCUT2D eigenvalue weighted by molar-refractivity contribution is -0.181. The molecule has 6 nitrogen and oxygen atoms in total. The Morgan fingerprint density at radius 3 is 2.54 bits per heavy atom. The quantitative estimate of drug-likeness (QED) is 0.827. The zero-order valence-corrected chi connectivity index (χ0v) is 15.0. The Bertz CT molecular complexity index is 833. The summed E-state index contributed by atoms with van der Waals surface area (Å²) in [5, 5.41) is 4.37. The molecule has 0 N–H and O–H groups in total. The first kappa shape index (κ1) is 17.2. The second-order valence-corrected chi connectivity index (χ2v) is 6.90. The van der Waals surface area contributed by atoms with E-state index in [2.05, 4.69) is 5.10 Å². The van der Waals surface area contributed by atoms with Gasteiger partial charge in [-0.15, -0.1) is 0 Å². The molecule has 0 saturated carbocycles. The number of carbonyl (C=O) groups excluding carboxylic acids is 1. The number of carbonyl (C=O) groups is 1. The van der Waals surface area contributed by atoms with Gasteiger partial charge in [-0.1, -0.05) is 0 Å². The number of benzene rings is 1. The molecule has 2 fully saturated rings. The Morgan fingerprint density at radius 1 is 1.19 bits per heavy atom. The molecule has 7 heteroatoms. The van der Waals surface area contributed by atoms with Crippen LogP contribution in [0.4, 0.5) is 4.39 Å². The van der Waals surface area contributed by atoms with Crippen LogP contribution in [0.15, 0.2) is 24.3 Å². The predicted molar refractivity (Wildman–Crippen MR) is 93.1 cm³/mol. The molecular weight excluding hydrogens is 337 g/mol. The molecule has 3 heterocycles. The molecule has 4 rings (SSSR count). The van der Waals surface area contributed by atoms with Crippen LogP contribution in [0.5, 0.6) is 0 Å². The maximum absolute atomic E-state index is 13.5. The van der Waals surface area contributed by atoms with Gasteiger partial charge < -0.3 is 14.4 Å². The van der Waals surface area contributed by atoms with Crippen LogP contribution in [0.2, 0.25) is 0 Å². The third-order valence-electron chi connectivity index (χ3n) is 5.18. The SMILES string of the molecule is Cc1cc(-c2cc(C(=O)N3CCC4(CC3)OCCO4)nn2C)ccc1F. The van der Waals surface area contributed by atoms with E-state index >= 15 is 0 Å². The summed E-state index contributed by atoms with van der Waals surface area (Å²) in [6.45, 7) is 4.13. The van der Waals surface area contributed by atoms with Gasteiger partial charge in [0.1, 0.15) is 5.82 Å². The van der Waals surface area contributed by atoms with Crippen molar-refractivity contribution in [3.63, 3.8) is 0 Å². The largest absolute Gasteiger partial charge is 0.347 e. The van der Waals surface area contributed by atoms with Crippen LogP contribution in [-0.4, -0.2) is 52.7 Å². The van der Waals surface area contributed by atoms with Crippen LogP contribution in [0, 0.1) is 12.7 Å². The first-order valence-corrected chi connectivity index (χ1v) is 8.85. The summed E-state index contributed by atoms with van der Waals surface area (Å²) in [5.74, 6) is -0.845. The highest BCUT2D eigenvalue weighted by Gasteiger charge is 2.41. The van der Waals surface area contributed by atoms with Gasteiger partial charge in [0.15, 0.2) is 11.5 Å². The van der Waals surface area contributed by atoms with Crippen molar-refractivity contribution in [1.29, 1.82) is 0 Å². The van der Waals surface area contributed by atoms with Gasteiger partial charge in [0, 0.05) is 38.5 Å². The lowest BCUT2D eigenvalue weighted by Crippen LogP contribution is -2.47. The predicted octanol–water partition coefficient (Wildman–Crippen LogP) is 2.51.